The molecule has 1 amide bonds. The maximum Gasteiger partial charge on any atom is 0.234 e. The van der Waals surface area contributed by atoms with Gasteiger partial charge in [0.05, 0.1) is 19.8 Å². The molecule has 0 spiro atoms. The number of carbonyl (C=O) groups excluding carboxylic acids is 1. The van der Waals surface area contributed by atoms with E-state index in [0.717, 1.165) is 58.7 Å². The Bertz CT molecular complexity index is 402. The van der Waals surface area contributed by atoms with E-state index in [1.807, 2.05) is 0 Å². The van der Waals surface area contributed by atoms with Crippen LogP contribution in [0.4, 0.5) is 0 Å². The molecule has 0 bridgehead atoms. The summed E-state index contributed by atoms with van der Waals surface area (Å²) in [6.07, 6.45) is 4.56. The zero-order valence-corrected chi connectivity index (χ0v) is 16.1. The number of rotatable bonds is 8. The number of carbonyl (C=O) groups is 1. The third kappa shape index (κ3) is 5.17. The molecule has 0 saturated carbocycles. The van der Waals surface area contributed by atoms with E-state index in [1.165, 1.54) is 6.42 Å². The van der Waals surface area contributed by atoms with Gasteiger partial charge in [0.2, 0.25) is 5.91 Å². The number of nitrogens with zero attached hydrogens (tertiary/aromatic N) is 2. The van der Waals surface area contributed by atoms with Gasteiger partial charge < -0.3 is 10.1 Å². The molecule has 1 N–H and O–H groups in total. The van der Waals surface area contributed by atoms with E-state index in [2.05, 4.69) is 42.8 Å². The van der Waals surface area contributed by atoms with Gasteiger partial charge in [0.1, 0.15) is 0 Å². The van der Waals surface area contributed by atoms with Gasteiger partial charge in [0.15, 0.2) is 0 Å². The molecule has 0 aromatic rings. The Morgan fingerprint density at radius 3 is 2.79 bits per heavy atom. The lowest BCUT2D eigenvalue weighted by Gasteiger charge is -2.45. The highest BCUT2D eigenvalue weighted by molar-refractivity contribution is 5.79. The summed E-state index contributed by atoms with van der Waals surface area (Å²) in [5.74, 6) is 0.683. The summed E-state index contributed by atoms with van der Waals surface area (Å²) in [5.41, 5.74) is 0.143. The molecule has 2 heterocycles. The minimum atomic E-state index is 0.143. The first-order chi connectivity index (χ1) is 11.5. The van der Waals surface area contributed by atoms with Crippen molar-refractivity contribution >= 4 is 5.91 Å². The highest BCUT2D eigenvalue weighted by Crippen LogP contribution is 2.28. The Balaban J connectivity index is 1.88. The smallest absolute Gasteiger partial charge is 0.234 e. The van der Waals surface area contributed by atoms with E-state index in [1.54, 1.807) is 0 Å². The van der Waals surface area contributed by atoms with Crippen LogP contribution in [-0.4, -0.2) is 73.2 Å². The van der Waals surface area contributed by atoms with E-state index in [0.29, 0.717) is 12.5 Å². The van der Waals surface area contributed by atoms with Crippen molar-refractivity contribution in [2.45, 2.75) is 65.0 Å². The van der Waals surface area contributed by atoms with Crippen LogP contribution in [0, 0.1) is 5.92 Å². The largest absolute Gasteiger partial charge is 0.378 e. The molecule has 140 valence electrons. The zero-order valence-electron chi connectivity index (χ0n) is 16.1. The lowest BCUT2D eigenvalue weighted by molar-refractivity contribution is -0.126. The average Bonchev–Trinajstić information content (AvgIpc) is 2.55. The molecular weight excluding hydrogens is 302 g/mol. The Morgan fingerprint density at radius 2 is 2.08 bits per heavy atom. The lowest BCUT2D eigenvalue weighted by atomic mass is 9.86. The second kappa shape index (κ2) is 9.16. The summed E-state index contributed by atoms with van der Waals surface area (Å²) >= 11 is 0. The van der Waals surface area contributed by atoms with Gasteiger partial charge in [-0.2, -0.15) is 0 Å². The van der Waals surface area contributed by atoms with Crippen molar-refractivity contribution in [1.29, 1.82) is 0 Å². The van der Waals surface area contributed by atoms with Crippen LogP contribution in [0.15, 0.2) is 0 Å². The first kappa shape index (κ1) is 19.7. The van der Waals surface area contributed by atoms with Gasteiger partial charge >= 0.3 is 0 Å². The highest BCUT2D eigenvalue weighted by Gasteiger charge is 2.36. The van der Waals surface area contributed by atoms with Crippen LogP contribution in [0.1, 0.15) is 53.4 Å². The van der Waals surface area contributed by atoms with Crippen molar-refractivity contribution in [2.75, 3.05) is 45.9 Å². The van der Waals surface area contributed by atoms with E-state index >= 15 is 0 Å². The topological polar surface area (TPSA) is 44.8 Å². The molecule has 5 nitrogen and oxygen atoms in total. The van der Waals surface area contributed by atoms with Gasteiger partial charge in [0.25, 0.3) is 0 Å². The first-order valence-electron chi connectivity index (χ1n) is 9.83. The summed E-state index contributed by atoms with van der Waals surface area (Å²) < 4.78 is 5.79. The molecule has 5 heteroatoms. The minimum absolute atomic E-state index is 0.143. The van der Waals surface area contributed by atoms with Gasteiger partial charge in [-0.05, 0) is 51.6 Å². The molecule has 0 aliphatic carbocycles. The average molecular weight is 340 g/mol. The van der Waals surface area contributed by atoms with Crippen LogP contribution >= 0.6 is 0 Å². The zero-order chi connectivity index (χ0) is 17.6. The summed E-state index contributed by atoms with van der Waals surface area (Å²) in [5, 5.41) is 3.22. The fraction of sp³-hybridized carbons (Fsp3) is 0.947. The summed E-state index contributed by atoms with van der Waals surface area (Å²) in [6, 6.07) is 0.283. The minimum Gasteiger partial charge on any atom is -0.378 e. The molecule has 2 aliphatic heterocycles. The Morgan fingerprint density at radius 1 is 1.33 bits per heavy atom. The molecular formula is C19H37N3O2. The van der Waals surface area contributed by atoms with Crippen LogP contribution in [0.5, 0.6) is 0 Å². The summed E-state index contributed by atoms with van der Waals surface area (Å²) in [6.45, 7) is 15.5. The molecule has 2 saturated heterocycles. The molecule has 3 unspecified atom stereocenters. The second-order valence-corrected chi connectivity index (χ2v) is 7.96. The van der Waals surface area contributed by atoms with Crippen molar-refractivity contribution in [3.8, 4) is 0 Å². The predicted octanol–water partition coefficient (Wildman–Crippen LogP) is 2.11. The van der Waals surface area contributed by atoms with Crippen LogP contribution in [-0.2, 0) is 9.53 Å². The molecule has 3 atom stereocenters. The lowest BCUT2D eigenvalue weighted by Crippen LogP contribution is -2.57. The highest BCUT2D eigenvalue weighted by atomic mass is 16.5. The van der Waals surface area contributed by atoms with Gasteiger partial charge in [-0.15, -0.1) is 0 Å². The quantitative estimate of drug-likeness (QED) is 0.736. The van der Waals surface area contributed by atoms with Crippen LogP contribution in [0.3, 0.4) is 0 Å². The van der Waals surface area contributed by atoms with E-state index < -0.39 is 0 Å². The molecule has 24 heavy (non-hydrogen) atoms. The number of hydrogen-bond acceptors (Lipinski definition) is 4. The van der Waals surface area contributed by atoms with Crippen molar-refractivity contribution in [3.63, 3.8) is 0 Å². The van der Waals surface area contributed by atoms with Crippen molar-refractivity contribution in [3.05, 3.63) is 0 Å². The SMILES string of the molecule is CCCN1CC(=O)NC(C(C)CCC2(C)COCCN2CCC)C1. The normalized spacial score (nSPS) is 31.0. The van der Waals surface area contributed by atoms with Crippen molar-refractivity contribution in [1.82, 2.24) is 15.1 Å². The predicted molar refractivity (Wildman–Crippen MR) is 98.1 cm³/mol. The third-order valence-corrected chi connectivity index (χ3v) is 5.71. The molecule has 2 fully saturated rings. The first-order valence-corrected chi connectivity index (χ1v) is 9.83. The number of piperazine rings is 1. The maximum atomic E-state index is 12.0. The van der Waals surface area contributed by atoms with E-state index in [-0.39, 0.29) is 17.5 Å². The van der Waals surface area contributed by atoms with E-state index in [9.17, 15) is 4.79 Å². The second-order valence-electron chi connectivity index (χ2n) is 7.96. The van der Waals surface area contributed by atoms with Crippen LogP contribution in [0.2, 0.25) is 0 Å². The number of ether oxygens (including phenoxy) is 1. The number of nitrogens with one attached hydrogen (secondary N) is 1. The maximum absolute atomic E-state index is 12.0. The third-order valence-electron chi connectivity index (χ3n) is 5.71. The molecule has 0 aromatic carbocycles. The van der Waals surface area contributed by atoms with Gasteiger partial charge in [-0.1, -0.05) is 20.8 Å². The fourth-order valence-corrected chi connectivity index (χ4v) is 4.10. The number of morpholine rings is 1. The van der Waals surface area contributed by atoms with Gasteiger partial charge in [-0.3, -0.25) is 14.6 Å². The Kier molecular flexibility index (Phi) is 7.51. The summed E-state index contributed by atoms with van der Waals surface area (Å²) in [7, 11) is 0. The van der Waals surface area contributed by atoms with Crippen molar-refractivity contribution in [2.24, 2.45) is 5.92 Å². The van der Waals surface area contributed by atoms with E-state index in [4.69, 9.17) is 4.74 Å². The Labute approximate surface area is 148 Å². The fourth-order valence-electron chi connectivity index (χ4n) is 4.10. The number of amides is 1. The monoisotopic (exact) mass is 339 g/mol. The standard InChI is InChI=1S/C19H37N3O2/c1-5-9-21-13-17(20-18(23)14-21)16(3)7-8-19(4)15-24-12-11-22(19)10-6-2/h16-17H,5-15H2,1-4H3,(H,20,23). The number of hydrogen-bond donors (Lipinski definition) is 1. The molecule has 0 aromatic heterocycles. The van der Waals surface area contributed by atoms with Gasteiger partial charge in [0, 0.05) is 24.7 Å². The van der Waals surface area contributed by atoms with Crippen LogP contribution in [0.25, 0.3) is 0 Å². The van der Waals surface area contributed by atoms with Gasteiger partial charge in [-0.25, -0.2) is 0 Å². The molecule has 2 aliphatic rings. The molecule has 0 radical (unpaired) electrons. The van der Waals surface area contributed by atoms with Crippen molar-refractivity contribution < 1.29 is 9.53 Å². The summed E-state index contributed by atoms with van der Waals surface area (Å²) in [4.78, 5) is 16.9. The van der Waals surface area contributed by atoms with Crippen LogP contribution < -0.4 is 5.32 Å². The molecule has 2 rings (SSSR count). The Hall–Kier alpha value is -0.650.